The molecule has 0 atom stereocenters. The van der Waals surface area contributed by atoms with E-state index in [9.17, 15) is 20.0 Å². The average molecular weight is 537 g/mol. The molecule has 37 heavy (non-hydrogen) atoms. The number of benzene rings is 3. The second-order valence-electron chi connectivity index (χ2n) is 7.72. The second kappa shape index (κ2) is 11.7. The summed E-state index contributed by atoms with van der Waals surface area (Å²) in [5.41, 5.74) is 2.11. The number of nitro groups is 1. The minimum atomic E-state index is -1.12. The number of carboxylic acid groups (broad SMARTS) is 1. The monoisotopic (exact) mass is 536 g/mol. The lowest BCUT2D eigenvalue weighted by molar-refractivity contribution is -0.384. The maximum atomic E-state index is 12.1. The van der Waals surface area contributed by atoms with Crippen LogP contribution >= 0.6 is 23.4 Å². The number of thioether (sulfide) groups is 1. The van der Waals surface area contributed by atoms with E-state index in [2.05, 4.69) is 10.2 Å². The van der Waals surface area contributed by atoms with Gasteiger partial charge in [0.15, 0.2) is 11.0 Å². The highest BCUT2D eigenvalue weighted by molar-refractivity contribution is 8.04. The normalized spacial score (nSPS) is 11.4. The Morgan fingerprint density at radius 1 is 1.11 bits per heavy atom. The summed E-state index contributed by atoms with van der Waals surface area (Å²) in [7, 11) is 0. The third kappa shape index (κ3) is 6.35. The summed E-state index contributed by atoms with van der Waals surface area (Å²) >= 11 is 6.99. The molecule has 0 radical (unpaired) electrons. The molecule has 1 N–H and O–H groups in total. The van der Waals surface area contributed by atoms with Gasteiger partial charge >= 0.3 is 5.97 Å². The maximum absolute atomic E-state index is 12.1. The van der Waals surface area contributed by atoms with Crippen LogP contribution in [0.3, 0.4) is 0 Å². The van der Waals surface area contributed by atoms with Crippen molar-refractivity contribution in [1.29, 1.82) is 0 Å². The van der Waals surface area contributed by atoms with Gasteiger partial charge in [-0.25, -0.2) is 4.79 Å². The molecule has 0 fully saturated rings. The van der Waals surface area contributed by atoms with Crippen LogP contribution in [-0.2, 0) is 17.9 Å². The van der Waals surface area contributed by atoms with Gasteiger partial charge in [0.1, 0.15) is 17.3 Å². The van der Waals surface area contributed by atoms with Gasteiger partial charge in [-0.15, -0.1) is 10.2 Å². The first-order valence-corrected chi connectivity index (χ1v) is 12.3. The minimum absolute atomic E-state index is 0.00522. The van der Waals surface area contributed by atoms with Crippen molar-refractivity contribution in [3.63, 3.8) is 0 Å². The largest absolute Gasteiger partial charge is 0.488 e. The van der Waals surface area contributed by atoms with Crippen LogP contribution in [-0.4, -0.2) is 30.8 Å². The number of nitrogens with zero attached hydrogens (tertiary/aromatic N) is 4. The molecule has 11 heteroatoms. The molecule has 4 aromatic rings. The standard InChI is InChI=1S/C26H21ClN4O5S/c1-2-30-24(18-9-11-20(27)12-10-18)28-29-26(30)37-23(25(32)33)15-19-5-3-4-6-22(19)36-16-17-7-13-21(14-8-17)31(34)35/h3-15H,2,16H2,1H3,(H,32,33)/b23-15-. The molecule has 4 rings (SSSR count). The van der Waals surface area contributed by atoms with Crippen molar-refractivity contribution in [1.82, 2.24) is 14.8 Å². The van der Waals surface area contributed by atoms with Crippen LogP contribution in [0, 0.1) is 10.1 Å². The van der Waals surface area contributed by atoms with Gasteiger partial charge in [0.25, 0.3) is 5.69 Å². The highest BCUT2D eigenvalue weighted by Crippen LogP contribution is 2.32. The van der Waals surface area contributed by atoms with E-state index in [4.69, 9.17) is 16.3 Å². The molecule has 0 amide bonds. The molecule has 0 bridgehead atoms. The molecule has 1 aromatic heterocycles. The van der Waals surface area contributed by atoms with Crippen LogP contribution in [0.25, 0.3) is 17.5 Å². The van der Waals surface area contributed by atoms with Crippen LogP contribution in [0.1, 0.15) is 18.1 Å². The van der Waals surface area contributed by atoms with Crippen LogP contribution in [0.15, 0.2) is 82.9 Å². The quantitative estimate of drug-likeness (QED) is 0.108. The van der Waals surface area contributed by atoms with Gasteiger partial charge in [0.05, 0.1) is 4.92 Å². The molecule has 0 aliphatic carbocycles. The Balaban J connectivity index is 1.57. The molecule has 9 nitrogen and oxygen atoms in total. The number of nitro benzene ring substituents is 1. The lowest BCUT2D eigenvalue weighted by Gasteiger charge is -2.11. The SMILES string of the molecule is CCn1c(S/C(=C\c2ccccc2OCc2ccc([N+](=O)[O-])cc2)C(=O)O)nnc1-c1ccc(Cl)cc1. The number of hydrogen-bond donors (Lipinski definition) is 1. The van der Waals surface area contributed by atoms with E-state index in [1.807, 2.05) is 23.6 Å². The highest BCUT2D eigenvalue weighted by atomic mass is 35.5. The van der Waals surface area contributed by atoms with Crippen molar-refractivity contribution >= 4 is 41.1 Å². The number of rotatable bonds is 10. The van der Waals surface area contributed by atoms with E-state index in [1.165, 1.54) is 18.2 Å². The Kier molecular flexibility index (Phi) is 8.22. The van der Waals surface area contributed by atoms with Crippen LogP contribution < -0.4 is 4.74 Å². The van der Waals surface area contributed by atoms with E-state index in [1.54, 1.807) is 48.5 Å². The summed E-state index contributed by atoms with van der Waals surface area (Å²) < 4.78 is 7.75. The molecule has 0 aliphatic heterocycles. The molecular weight excluding hydrogens is 516 g/mol. The van der Waals surface area contributed by atoms with Crippen molar-refractivity contribution in [2.45, 2.75) is 25.2 Å². The second-order valence-corrected chi connectivity index (χ2v) is 9.17. The van der Waals surface area contributed by atoms with Gasteiger partial charge in [-0.05, 0) is 72.8 Å². The highest BCUT2D eigenvalue weighted by Gasteiger charge is 2.19. The number of ether oxygens (including phenoxy) is 1. The number of para-hydroxylation sites is 1. The molecule has 0 saturated heterocycles. The summed E-state index contributed by atoms with van der Waals surface area (Å²) in [6.07, 6.45) is 1.52. The number of aliphatic carboxylic acids is 1. The summed E-state index contributed by atoms with van der Waals surface area (Å²) in [6.45, 7) is 2.63. The summed E-state index contributed by atoms with van der Waals surface area (Å²) in [6, 6.07) is 20.3. The van der Waals surface area contributed by atoms with E-state index in [0.717, 1.165) is 22.9 Å². The predicted molar refractivity (Wildman–Crippen MR) is 141 cm³/mol. The molecule has 188 valence electrons. The van der Waals surface area contributed by atoms with Gasteiger partial charge in [0.2, 0.25) is 0 Å². The van der Waals surface area contributed by atoms with E-state index in [0.29, 0.717) is 33.9 Å². The van der Waals surface area contributed by atoms with Gasteiger partial charge in [-0.2, -0.15) is 0 Å². The van der Waals surface area contributed by atoms with E-state index in [-0.39, 0.29) is 17.2 Å². The van der Waals surface area contributed by atoms with Crippen molar-refractivity contribution in [3.8, 4) is 17.1 Å². The molecular formula is C26H21ClN4O5S. The van der Waals surface area contributed by atoms with Crippen LogP contribution in [0.4, 0.5) is 5.69 Å². The fourth-order valence-electron chi connectivity index (χ4n) is 3.44. The number of hydrogen-bond acceptors (Lipinski definition) is 7. The van der Waals surface area contributed by atoms with Crippen LogP contribution in [0.2, 0.25) is 5.02 Å². The Hall–Kier alpha value is -4.15. The topological polar surface area (TPSA) is 120 Å². The zero-order chi connectivity index (χ0) is 26.4. The smallest absolute Gasteiger partial charge is 0.342 e. The Bertz CT molecular complexity index is 1450. The number of carboxylic acids is 1. The zero-order valence-corrected chi connectivity index (χ0v) is 21.1. The zero-order valence-electron chi connectivity index (χ0n) is 19.6. The van der Waals surface area contributed by atoms with Gasteiger partial charge < -0.3 is 14.4 Å². The van der Waals surface area contributed by atoms with Crippen LogP contribution in [0.5, 0.6) is 5.75 Å². The first-order chi connectivity index (χ1) is 17.9. The van der Waals surface area contributed by atoms with Crippen molar-refractivity contribution in [3.05, 3.63) is 104 Å². The van der Waals surface area contributed by atoms with Gasteiger partial charge in [-0.3, -0.25) is 10.1 Å². The summed E-state index contributed by atoms with van der Waals surface area (Å²) in [4.78, 5) is 22.6. The van der Waals surface area contributed by atoms with Crippen molar-refractivity contribution in [2.75, 3.05) is 0 Å². The lowest BCUT2D eigenvalue weighted by atomic mass is 10.2. The molecule has 0 unspecified atom stereocenters. The minimum Gasteiger partial charge on any atom is -0.488 e. The fourth-order valence-corrected chi connectivity index (χ4v) is 4.45. The number of carbonyl (C=O) groups is 1. The number of non-ortho nitro benzene ring substituents is 1. The Morgan fingerprint density at radius 3 is 2.46 bits per heavy atom. The third-order valence-electron chi connectivity index (χ3n) is 5.29. The fraction of sp³-hybridized carbons (Fsp3) is 0.115. The lowest BCUT2D eigenvalue weighted by Crippen LogP contribution is -2.03. The molecule has 0 saturated carbocycles. The van der Waals surface area contributed by atoms with E-state index < -0.39 is 10.9 Å². The first-order valence-electron chi connectivity index (χ1n) is 11.1. The summed E-state index contributed by atoms with van der Waals surface area (Å²) in [5.74, 6) is -0.0360. The number of halogens is 1. The van der Waals surface area contributed by atoms with Gasteiger partial charge in [-0.1, -0.05) is 29.8 Å². The van der Waals surface area contributed by atoms with Crippen molar-refractivity contribution < 1.29 is 19.6 Å². The Labute approximate surface area is 221 Å². The Morgan fingerprint density at radius 2 is 1.81 bits per heavy atom. The molecule has 1 heterocycles. The molecule has 0 spiro atoms. The van der Waals surface area contributed by atoms with E-state index >= 15 is 0 Å². The predicted octanol–water partition coefficient (Wildman–Crippen LogP) is 6.32. The third-order valence-corrected chi connectivity index (χ3v) is 6.54. The average Bonchev–Trinajstić information content (AvgIpc) is 3.30. The maximum Gasteiger partial charge on any atom is 0.342 e. The molecule has 3 aromatic carbocycles. The summed E-state index contributed by atoms with van der Waals surface area (Å²) in [5, 5.41) is 30.3. The van der Waals surface area contributed by atoms with Crippen molar-refractivity contribution in [2.24, 2.45) is 0 Å². The first kappa shape index (κ1) is 25.9. The molecule has 0 aliphatic rings. The number of aromatic nitrogens is 3. The van der Waals surface area contributed by atoms with Gasteiger partial charge in [0, 0.05) is 34.8 Å².